The second-order valence-corrected chi connectivity index (χ2v) is 7.66. The summed E-state index contributed by atoms with van der Waals surface area (Å²) in [7, 11) is 0. The molecule has 0 atom stereocenters. The molecule has 0 aromatic carbocycles. The molecule has 3 aliphatic carbocycles. The number of hydroxylamine groups is 2. The van der Waals surface area contributed by atoms with E-state index in [0.29, 0.717) is 18.1 Å². The molecule has 1 amide bonds. The van der Waals surface area contributed by atoms with E-state index >= 15 is 0 Å². The predicted molar refractivity (Wildman–Crippen MR) is 88.3 cm³/mol. The van der Waals surface area contributed by atoms with Crippen LogP contribution >= 0.6 is 0 Å². The number of amides is 1. The van der Waals surface area contributed by atoms with Crippen molar-refractivity contribution in [2.45, 2.75) is 108 Å². The van der Waals surface area contributed by atoms with Crippen LogP contribution in [-0.2, 0) is 9.63 Å². The Bertz CT molecular complexity index is 339. The van der Waals surface area contributed by atoms with Gasteiger partial charge in [-0.05, 0) is 38.5 Å². The van der Waals surface area contributed by atoms with Gasteiger partial charge in [-0.15, -0.1) is 0 Å². The largest absolute Gasteiger partial charge is 0.272 e. The van der Waals surface area contributed by atoms with Gasteiger partial charge in [-0.25, -0.2) is 5.06 Å². The third-order valence-electron chi connectivity index (χ3n) is 5.89. The molecule has 0 saturated heterocycles. The highest BCUT2D eigenvalue weighted by molar-refractivity contribution is 5.78. The van der Waals surface area contributed by atoms with Crippen molar-refractivity contribution >= 4 is 5.91 Å². The van der Waals surface area contributed by atoms with Crippen LogP contribution in [0.5, 0.6) is 0 Å². The maximum Gasteiger partial charge on any atom is 0.249 e. The van der Waals surface area contributed by atoms with Crippen molar-refractivity contribution in [2.24, 2.45) is 5.92 Å². The summed E-state index contributed by atoms with van der Waals surface area (Å²) in [6.07, 6.45) is 18.5. The fourth-order valence-electron chi connectivity index (χ4n) is 4.49. The number of nitrogens with zero attached hydrogens (tertiary/aromatic N) is 1. The van der Waals surface area contributed by atoms with Gasteiger partial charge in [-0.2, -0.15) is 0 Å². The van der Waals surface area contributed by atoms with Crippen molar-refractivity contribution in [1.82, 2.24) is 5.06 Å². The molecular weight excluding hydrogens is 274 g/mol. The number of hydrogen-bond donors (Lipinski definition) is 0. The minimum atomic E-state index is 0.235. The van der Waals surface area contributed by atoms with Crippen LogP contribution in [-0.4, -0.2) is 23.1 Å². The highest BCUT2D eigenvalue weighted by Crippen LogP contribution is 2.31. The Morgan fingerprint density at radius 3 is 1.77 bits per heavy atom. The lowest BCUT2D eigenvalue weighted by molar-refractivity contribution is -0.233. The molecule has 0 unspecified atom stereocenters. The molecule has 0 aromatic heterocycles. The Labute approximate surface area is 135 Å². The Morgan fingerprint density at radius 1 is 0.682 bits per heavy atom. The van der Waals surface area contributed by atoms with E-state index in [1.165, 1.54) is 57.8 Å². The molecule has 0 spiro atoms. The van der Waals surface area contributed by atoms with Crippen LogP contribution in [0.15, 0.2) is 0 Å². The van der Waals surface area contributed by atoms with Crippen LogP contribution in [0.2, 0.25) is 0 Å². The zero-order valence-electron chi connectivity index (χ0n) is 14.1. The third-order valence-corrected chi connectivity index (χ3v) is 5.89. The van der Waals surface area contributed by atoms with Gasteiger partial charge in [0.15, 0.2) is 0 Å². The lowest BCUT2D eigenvalue weighted by Gasteiger charge is -2.39. The van der Waals surface area contributed by atoms with Crippen LogP contribution in [0.4, 0.5) is 0 Å². The van der Waals surface area contributed by atoms with Gasteiger partial charge in [0.1, 0.15) is 0 Å². The molecule has 0 bridgehead atoms. The lowest BCUT2D eigenvalue weighted by atomic mass is 9.87. The van der Waals surface area contributed by atoms with Crippen LogP contribution in [0, 0.1) is 5.92 Å². The smallest absolute Gasteiger partial charge is 0.249 e. The van der Waals surface area contributed by atoms with Gasteiger partial charge in [0.05, 0.1) is 12.1 Å². The van der Waals surface area contributed by atoms with Crippen molar-refractivity contribution in [3.05, 3.63) is 0 Å². The molecule has 0 N–H and O–H groups in total. The Morgan fingerprint density at radius 2 is 1.18 bits per heavy atom. The van der Waals surface area contributed by atoms with Crippen LogP contribution in [0.1, 0.15) is 96.3 Å². The zero-order valence-corrected chi connectivity index (χ0v) is 14.1. The molecule has 3 rings (SSSR count). The number of hydrogen-bond acceptors (Lipinski definition) is 2. The van der Waals surface area contributed by atoms with Crippen molar-refractivity contribution in [3.8, 4) is 0 Å². The first-order valence-electron chi connectivity index (χ1n) is 9.84. The summed E-state index contributed by atoms with van der Waals surface area (Å²) in [6, 6.07) is 0.352. The predicted octanol–water partition coefficient (Wildman–Crippen LogP) is 4.99. The van der Waals surface area contributed by atoms with E-state index in [1.807, 2.05) is 5.06 Å². The minimum absolute atomic E-state index is 0.235. The first-order chi connectivity index (χ1) is 10.8. The van der Waals surface area contributed by atoms with Crippen molar-refractivity contribution < 1.29 is 9.63 Å². The van der Waals surface area contributed by atoms with E-state index in [1.54, 1.807) is 0 Å². The van der Waals surface area contributed by atoms with E-state index in [0.717, 1.165) is 38.5 Å². The molecule has 3 saturated carbocycles. The molecule has 0 radical (unpaired) electrons. The molecule has 0 heterocycles. The lowest BCUT2D eigenvalue weighted by Crippen LogP contribution is -2.47. The van der Waals surface area contributed by atoms with Crippen LogP contribution in [0.3, 0.4) is 0 Å². The summed E-state index contributed by atoms with van der Waals surface area (Å²) in [5, 5.41) is 1.89. The first-order valence-corrected chi connectivity index (χ1v) is 9.84. The summed E-state index contributed by atoms with van der Waals surface area (Å²) in [6.45, 7) is 0. The highest BCUT2D eigenvalue weighted by Gasteiger charge is 2.34. The Kier molecular flexibility index (Phi) is 6.17. The maximum atomic E-state index is 13.1. The topological polar surface area (TPSA) is 29.5 Å². The average molecular weight is 307 g/mol. The fourth-order valence-corrected chi connectivity index (χ4v) is 4.49. The molecule has 3 nitrogen and oxygen atoms in total. The second kappa shape index (κ2) is 8.33. The number of carbonyl (C=O) groups is 1. The second-order valence-electron chi connectivity index (χ2n) is 7.66. The summed E-state index contributed by atoms with van der Waals surface area (Å²) >= 11 is 0. The normalized spacial score (nSPS) is 26.0. The Hall–Kier alpha value is -0.570. The highest BCUT2D eigenvalue weighted by atomic mass is 16.7. The SMILES string of the molecule is O=C(C1CCCCC1)N(OC1CCCCC1)C1CCCCC1. The van der Waals surface area contributed by atoms with Gasteiger partial charge in [-0.1, -0.05) is 57.8 Å². The standard InChI is InChI=1S/C19H33NO2/c21-19(16-10-4-1-5-11-16)20(17-12-6-2-7-13-17)22-18-14-8-3-9-15-18/h16-18H,1-15H2. The molecule has 3 fully saturated rings. The summed E-state index contributed by atoms with van der Waals surface area (Å²) < 4.78 is 0. The van der Waals surface area contributed by atoms with E-state index in [9.17, 15) is 4.79 Å². The summed E-state index contributed by atoms with van der Waals surface area (Å²) in [5.41, 5.74) is 0. The van der Waals surface area contributed by atoms with E-state index in [-0.39, 0.29) is 5.92 Å². The molecule has 3 heteroatoms. The van der Waals surface area contributed by atoms with Gasteiger partial charge in [0.25, 0.3) is 0 Å². The first kappa shape index (κ1) is 16.3. The maximum absolute atomic E-state index is 13.1. The van der Waals surface area contributed by atoms with Gasteiger partial charge in [0.2, 0.25) is 5.91 Å². The molecule has 126 valence electrons. The zero-order chi connectivity index (χ0) is 15.2. The minimum Gasteiger partial charge on any atom is -0.272 e. The Balaban J connectivity index is 1.64. The van der Waals surface area contributed by atoms with E-state index < -0.39 is 0 Å². The number of rotatable bonds is 4. The van der Waals surface area contributed by atoms with Gasteiger partial charge in [-0.3, -0.25) is 9.63 Å². The monoisotopic (exact) mass is 307 g/mol. The van der Waals surface area contributed by atoms with Crippen molar-refractivity contribution in [3.63, 3.8) is 0 Å². The van der Waals surface area contributed by atoms with Crippen molar-refractivity contribution in [2.75, 3.05) is 0 Å². The quantitative estimate of drug-likeness (QED) is 0.685. The number of carbonyl (C=O) groups excluding carboxylic acids is 1. The average Bonchev–Trinajstić information content (AvgIpc) is 2.61. The van der Waals surface area contributed by atoms with E-state index in [2.05, 4.69) is 0 Å². The summed E-state index contributed by atoms with van der Waals surface area (Å²) in [5.74, 6) is 0.552. The van der Waals surface area contributed by atoms with Crippen LogP contribution < -0.4 is 0 Å². The van der Waals surface area contributed by atoms with Gasteiger partial charge >= 0.3 is 0 Å². The van der Waals surface area contributed by atoms with Crippen molar-refractivity contribution in [1.29, 1.82) is 0 Å². The summed E-state index contributed by atoms with van der Waals surface area (Å²) in [4.78, 5) is 19.4. The van der Waals surface area contributed by atoms with E-state index in [4.69, 9.17) is 4.84 Å². The fraction of sp³-hybridized carbons (Fsp3) is 0.947. The van der Waals surface area contributed by atoms with Crippen LogP contribution in [0.25, 0.3) is 0 Å². The third kappa shape index (κ3) is 4.24. The molecule has 0 aliphatic heterocycles. The molecule has 22 heavy (non-hydrogen) atoms. The van der Waals surface area contributed by atoms with Gasteiger partial charge in [0, 0.05) is 5.92 Å². The molecule has 3 aliphatic rings. The molecular formula is C19H33NO2. The van der Waals surface area contributed by atoms with Gasteiger partial charge < -0.3 is 0 Å². The molecule has 0 aromatic rings.